The van der Waals surface area contributed by atoms with Gasteiger partial charge in [0.2, 0.25) is 21.8 Å². The maximum atomic E-state index is 13.8. The molecular formula is C26H27ClN4O6S. The zero-order valence-corrected chi connectivity index (χ0v) is 22.4. The van der Waals surface area contributed by atoms with Gasteiger partial charge in [0.25, 0.3) is 5.69 Å². The van der Waals surface area contributed by atoms with Crippen molar-refractivity contribution in [2.45, 2.75) is 19.0 Å². The highest BCUT2D eigenvalue weighted by molar-refractivity contribution is 7.92. The molecular weight excluding hydrogens is 532 g/mol. The van der Waals surface area contributed by atoms with Crippen LogP contribution in [0.3, 0.4) is 0 Å². The molecule has 0 spiro atoms. The summed E-state index contributed by atoms with van der Waals surface area (Å²) in [4.78, 5) is 38.8. The fourth-order valence-electron chi connectivity index (χ4n) is 3.88. The monoisotopic (exact) mass is 558 g/mol. The minimum atomic E-state index is -4.03. The summed E-state index contributed by atoms with van der Waals surface area (Å²) in [6.07, 6.45) is 1.08. The molecule has 2 amide bonds. The lowest BCUT2D eigenvalue weighted by atomic mass is 10.0. The SMILES string of the molecule is CNC(=O)[C@@H](Cc1ccccc1)N(Cc1ccc(Cl)cc1)C(=O)CN(c1cccc([N+](=O)[O-])c1)S(C)(=O)=O. The van der Waals surface area contributed by atoms with Crippen LogP contribution in [0.4, 0.5) is 11.4 Å². The van der Waals surface area contributed by atoms with E-state index >= 15 is 0 Å². The number of nitro groups is 1. The Morgan fingerprint density at radius 1 is 1.00 bits per heavy atom. The Hall–Kier alpha value is -3.96. The van der Waals surface area contributed by atoms with E-state index in [1.807, 2.05) is 30.3 Å². The van der Waals surface area contributed by atoms with Crippen molar-refractivity contribution in [1.82, 2.24) is 10.2 Å². The molecule has 1 N–H and O–H groups in total. The number of carbonyl (C=O) groups is 2. The molecule has 0 saturated carbocycles. The first-order valence-electron chi connectivity index (χ1n) is 11.5. The Kier molecular flexibility index (Phi) is 9.43. The number of anilines is 1. The zero-order chi connectivity index (χ0) is 27.9. The second-order valence-electron chi connectivity index (χ2n) is 8.51. The van der Waals surface area contributed by atoms with Crippen LogP contribution in [0, 0.1) is 10.1 Å². The minimum absolute atomic E-state index is 0.00649. The molecule has 0 aliphatic carbocycles. The Labute approximate surface area is 226 Å². The van der Waals surface area contributed by atoms with Gasteiger partial charge < -0.3 is 10.2 Å². The van der Waals surface area contributed by atoms with Crippen LogP contribution in [0.1, 0.15) is 11.1 Å². The predicted octanol–water partition coefficient (Wildman–Crippen LogP) is 3.40. The molecule has 3 aromatic rings. The molecule has 0 radical (unpaired) electrons. The molecule has 0 fully saturated rings. The predicted molar refractivity (Wildman–Crippen MR) is 145 cm³/mol. The summed E-state index contributed by atoms with van der Waals surface area (Å²) in [6, 6.07) is 19.9. The highest BCUT2D eigenvalue weighted by atomic mass is 35.5. The summed E-state index contributed by atoms with van der Waals surface area (Å²) < 4.78 is 26.2. The van der Waals surface area contributed by atoms with Crippen LogP contribution >= 0.6 is 11.6 Å². The quantitative estimate of drug-likeness (QED) is 0.283. The summed E-state index contributed by atoms with van der Waals surface area (Å²) in [5.74, 6) is -1.10. The molecule has 0 aliphatic rings. The maximum Gasteiger partial charge on any atom is 0.271 e. The van der Waals surface area contributed by atoms with E-state index in [1.54, 1.807) is 24.3 Å². The van der Waals surface area contributed by atoms with Gasteiger partial charge in [-0.2, -0.15) is 0 Å². The van der Waals surface area contributed by atoms with Gasteiger partial charge in [0.1, 0.15) is 12.6 Å². The molecule has 1 atom stereocenters. The molecule has 0 saturated heterocycles. The molecule has 10 nitrogen and oxygen atoms in total. The Morgan fingerprint density at radius 3 is 2.24 bits per heavy atom. The minimum Gasteiger partial charge on any atom is -0.357 e. The topological polar surface area (TPSA) is 130 Å². The normalized spacial score (nSPS) is 11.9. The fourth-order valence-corrected chi connectivity index (χ4v) is 4.85. The van der Waals surface area contributed by atoms with E-state index in [2.05, 4.69) is 5.32 Å². The van der Waals surface area contributed by atoms with E-state index in [-0.39, 0.29) is 24.3 Å². The molecule has 0 unspecified atom stereocenters. The highest BCUT2D eigenvalue weighted by Gasteiger charge is 2.32. The number of carbonyl (C=O) groups excluding carboxylic acids is 2. The van der Waals surface area contributed by atoms with Gasteiger partial charge in [-0.25, -0.2) is 8.42 Å². The average molecular weight is 559 g/mol. The third-order valence-corrected chi connectivity index (χ3v) is 7.18. The summed E-state index contributed by atoms with van der Waals surface area (Å²) in [6.45, 7) is -0.677. The van der Waals surface area contributed by atoms with Crippen molar-refractivity contribution in [3.8, 4) is 0 Å². The van der Waals surface area contributed by atoms with Gasteiger partial charge >= 0.3 is 0 Å². The lowest BCUT2D eigenvalue weighted by molar-refractivity contribution is -0.384. The molecule has 0 aromatic heterocycles. The lowest BCUT2D eigenvalue weighted by Gasteiger charge is -2.33. The van der Waals surface area contributed by atoms with Crippen LogP contribution in [-0.4, -0.2) is 55.9 Å². The molecule has 0 aliphatic heterocycles. The number of nitrogens with one attached hydrogen (secondary N) is 1. The summed E-state index contributed by atoms with van der Waals surface area (Å²) in [7, 11) is -2.58. The smallest absolute Gasteiger partial charge is 0.271 e. The van der Waals surface area contributed by atoms with Gasteiger partial charge in [-0.05, 0) is 29.3 Å². The molecule has 3 aromatic carbocycles. The summed E-state index contributed by atoms with van der Waals surface area (Å²) >= 11 is 6.01. The van der Waals surface area contributed by atoms with Gasteiger partial charge in [-0.15, -0.1) is 0 Å². The van der Waals surface area contributed by atoms with Crippen LogP contribution < -0.4 is 9.62 Å². The van der Waals surface area contributed by atoms with Crippen molar-refractivity contribution in [2.75, 3.05) is 24.2 Å². The van der Waals surface area contributed by atoms with E-state index in [0.717, 1.165) is 22.2 Å². The largest absolute Gasteiger partial charge is 0.357 e. The molecule has 0 bridgehead atoms. The number of halogens is 1. The summed E-state index contributed by atoms with van der Waals surface area (Å²) in [5, 5.41) is 14.3. The van der Waals surface area contributed by atoms with Gasteiger partial charge in [0.05, 0.1) is 16.9 Å². The third-order valence-electron chi connectivity index (χ3n) is 5.79. The molecule has 200 valence electrons. The lowest BCUT2D eigenvalue weighted by Crippen LogP contribution is -2.52. The van der Waals surface area contributed by atoms with E-state index in [9.17, 15) is 28.1 Å². The van der Waals surface area contributed by atoms with Crippen molar-refractivity contribution in [3.05, 3.63) is 105 Å². The third kappa shape index (κ3) is 7.53. The van der Waals surface area contributed by atoms with Crippen molar-refractivity contribution >= 4 is 44.8 Å². The number of non-ortho nitro benzene ring substituents is 1. The number of benzene rings is 3. The van der Waals surface area contributed by atoms with E-state index < -0.39 is 39.3 Å². The van der Waals surface area contributed by atoms with Crippen molar-refractivity contribution in [1.29, 1.82) is 0 Å². The highest BCUT2D eigenvalue weighted by Crippen LogP contribution is 2.24. The fraction of sp³-hybridized carbons (Fsp3) is 0.231. The van der Waals surface area contributed by atoms with E-state index in [0.29, 0.717) is 10.6 Å². The Morgan fingerprint density at radius 2 is 1.66 bits per heavy atom. The Bertz CT molecular complexity index is 1400. The zero-order valence-electron chi connectivity index (χ0n) is 20.8. The van der Waals surface area contributed by atoms with Crippen molar-refractivity contribution < 1.29 is 22.9 Å². The summed E-state index contributed by atoms with van der Waals surface area (Å²) in [5.41, 5.74) is 1.11. The van der Waals surface area contributed by atoms with Gasteiger partial charge in [0, 0.05) is 37.2 Å². The van der Waals surface area contributed by atoms with E-state index in [1.165, 1.54) is 30.1 Å². The molecule has 38 heavy (non-hydrogen) atoms. The van der Waals surface area contributed by atoms with Gasteiger partial charge in [0.15, 0.2) is 0 Å². The molecule has 0 heterocycles. The molecule has 3 rings (SSSR count). The second-order valence-corrected chi connectivity index (χ2v) is 10.9. The Balaban J connectivity index is 2.03. The van der Waals surface area contributed by atoms with Crippen molar-refractivity contribution in [3.63, 3.8) is 0 Å². The number of nitro benzene ring substituents is 1. The van der Waals surface area contributed by atoms with E-state index in [4.69, 9.17) is 11.6 Å². The van der Waals surface area contributed by atoms with Crippen LogP contribution in [-0.2, 0) is 32.6 Å². The number of sulfonamides is 1. The van der Waals surface area contributed by atoms with Crippen LogP contribution in [0.2, 0.25) is 5.02 Å². The van der Waals surface area contributed by atoms with Crippen LogP contribution in [0.25, 0.3) is 0 Å². The van der Waals surface area contributed by atoms with Crippen LogP contribution in [0.5, 0.6) is 0 Å². The number of likely N-dealkylation sites (N-methyl/N-ethyl adjacent to an activating group) is 1. The number of hydrogen-bond acceptors (Lipinski definition) is 6. The first kappa shape index (κ1) is 28.6. The molecule has 12 heteroatoms. The first-order chi connectivity index (χ1) is 18.0. The number of rotatable bonds is 11. The van der Waals surface area contributed by atoms with Gasteiger partial charge in [-0.1, -0.05) is 60.1 Å². The van der Waals surface area contributed by atoms with Crippen LogP contribution in [0.15, 0.2) is 78.9 Å². The maximum absolute atomic E-state index is 13.8. The van der Waals surface area contributed by atoms with Crippen molar-refractivity contribution in [2.24, 2.45) is 0 Å². The standard InChI is InChI=1S/C26H27ClN4O6S/c1-28-26(33)24(15-19-7-4-3-5-8-19)29(17-20-11-13-21(27)14-12-20)25(32)18-30(38(2,36)37)22-9-6-10-23(16-22)31(34)35/h3-14,16,24H,15,17-18H2,1-2H3,(H,28,33)/t24-/m1/s1. The van der Waals surface area contributed by atoms with Gasteiger partial charge in [-0.3, -0.25) is 24.0 Å². The first-order valence-corrected chi connectivity index (χ1v) is 13.7. The number of hydrogen-bond donors (Lipinski definition) is 1. The number of amides is 2. The second kappa shape index (κ2) is 12.5. The average Bonchev–Trinajstić information content (AvgIpc) is 2.89. The number of nitrogens with zero attached hydrogens (tertiary/aromatic N) is 3.